The zero-order valence-corrected chi connectivity index (χ0v) is 13.7. The molecule has 0 aromatic carbocycles. The highest BCUT2D eigenvalue weighted by Gasteiger charge is 2.68. The molecule has 6 atom stereocenters. The molecule has 0 aliphatic heterocycles. The Hall–Kier alpha value is -0.990. The van der Waals surface area contributed by atoms with Gasteiger partial charge in [0, 0.05) is 29.1 Å². The number of hydrogen-bond donors (Lipinski definition) is 0. The van der Waals surface area contributed by atoms with Gasteiger partial charge in [-0.25, -0.2) is 0 Å². The van der Waals surface area contributed by atoms with E-state index in [1.807, 2.05) is 6.92 Å². The Morgan fingerprint density at radius 3 is 2.41 bits per heavy atom. The highest BCUT2D eigenvalue weighted by Crippen LogP contribution is 2.68. The van der Waals surface area contributed by atoms with Crippen molar-refractivity contribution >= 4 is 17.9 Å². The Morgan fingerprint density at radius 1 is 0.909 bits per heavy atom. The quantitative estimate of drug-likeness (QED) is 0.698. The molecule has 4 fully saturated rings. The molecule has 0 N–H and O–H groups in total. The summed E-state index contributed by atoms with van der Waals surface area (Å²) in [5.74, 6) is 1.96. The first-order chi connectivity index (χ1) is 10.4. The molecule has 4 rings (SSSR count). The van der Waals surface area contributed by atoms with E-state index < -0.39 is 10.8 Å². The normalized spacial score (nSPS) is 53.8. The summed E-state index contributed by atoms with van der Waals surface area (Å²) < 4.78 is 0. The third-order valence-corrected chi connectivity index (χ3v) is 8.40. The summed E-state index contributed by atoms with van der Waals surface area (Å²) in [4.78, 5) is 37.1. The van der Waals surface area contributed by atoms with Crippen LogP contribution in [0.4, 0.5) is 0 Å². The predicted molar refractivity (Wildman–Crippen MR) is 82.1 cm³/mol. The van der Waals surface area contributed by atoms with Crippen molar-refractivity contribution < 1.29 is 14.4 Å². The summed E-state index contributed by atoms with van der Waals surface area (Å²) in [5, 5.41) is 0. The molecule has 0 amide bonds. The summed E-state index contributed by atoms with van der Waals surface area (Å²) in [7, 11) is 0. The van der Waals surface area contributed by atoms with Gasteiger partial charge >= 0.3 is 0 Å². The van der Waals surface area contributed by atoms with Crippen LogP contribution in [0.5, 0.6) is 0 Å². The van der Waals surface area contributed by atoms with Gasteiger partial charge in [-0.1, -0.05) is 13.8 Å². The van der Waals surface area contributed by atoms with Gasteiger partial charge in [-0.3, -0.25) is 9.59 Å². The zero-order chi connectivity index (χ0) is 15.8. The Balaban J connectivity index is 1.76. The average molecular weight is 302 g/mol. The van der Waals surface area contributed by atoms with Gasteiger partial charge in [0.25, 0.3) is 0 Å². The Bertz CT molecular complexity index is 567. The van der Waals surface area contributed by atoms with Crippen LogP contribution >= 0.6 is 0 Å². The minimum Gasteiger partial charge on any atom is -0.303 e. The molecule has 22 heavy (non-hydrogen) atoms. The van der Waals surface area contributed by atoms with E-state index in [0.717, 1.165) is 44.8 Å². The van der Waals surface area contributed by atoms with Crippen molar-refractivity contribution in [3.8, 4) is 0 Å². The first-order valence-electron chi connectivity index (χ1n) is 8.92. The second-order valence-electron chi connectivity index (χ2n) is 8.75. The fourth-order valence-electron chi connectivity index (χ4n) is 6.93. The highest BCUT2D eigenvalue weighted by molar-refractivity contribution is 5.93. The first kappa shape index (κ1) is 14.6. The van der Waals surface area contributed by atoms with Crippen LogP contribution in [0.2, 0.25) is 0 Å². The topological polar surface area (TPSA) is 51.2 Å². The van der Waals surface area contributed by atoms with Crippen LogP contribution in [-0.4, -0.2) is 17.9 Å². The highest BCUT2D eigenvalue weighted by atomic mass is 16.1. The average Bonchev–Trinajstić information content (AvgIpc) is 2.95. The molecule has 0 radical (unpaired) electrons. The molecule has 4 saturated carbocycles. The van der Waals surface area contributed by atoms with Gasteiger partial charge in [0.05, 0.1) is 0 Å². The number of ketones is 2. The minimum absolute atomic E-state index is 0.151. The Labute approximate surface area is 132 Å². The molecule has 3 nitrogen and oxygen atoms in total. The molecule has 0 bridgehead atoms. The van der Waals surface area contributed by atoms with Crippen LogP contribution in [0.3, 0.4) is 0 Å². The first-order valence-corrected chi connectivity index (χ1v) is 8.92. The molecule has 4 aliphatic rings. The number of hydrogen-bond acceptors (Lipinski definition) is 3. The van der Waals surface area contributed by atoms with Gasteiger partial charge in [-0.05, 0) is 56.3 Å². The van der Waals surface area contributed by atoms with Crippen LogP contribution in [-0.2, 0) is 14.4 Å². The number of rotatable bonds is 1. The smallest absolute Gasteiger partial charge is 0.139 e. The number of aldehydes is 1. The third-order valence-electron chi connectivity index (χ3n) is 8.40. The van der Waals surface area contributed by atoms with Crippen molar-refractivity contribution in [2.45, 2.75) is 65.2 Å². The second-order valence-corrected chi connectivity index (χ2v) is 8.75. The van der Waals surface area contributed by atoms with E-state index >= 15 is 0 Å². The number of Topliss-reactive ketones (excluding diaryl/α,β-unsaturated/α-hetero) is 2. The second kappa shape index (κ2) is 4.30. The Kier molecular flexibility index (Phi) is 2.85. The summed E-state index contributed by atoms with van der Waals surface area (Å²) in [5.41, 5.74) is -1.03. The summed E-state index contributed by atoms with van der Waals surface area (Å²) >= 11 is 0. The molecule has 3 heteroatoms. The van der Waals surface area contributed by atoms with Crippen LogP contribution in [0.1, 0.15) is 65.2 Å². The number of fused-ring (bicyclic) bond motifs is 5. The lowest BCUT2D eigenvalue weighted by molar-refractivity contribution is -0.159. The lowest BCUT2D eigenvalue weighted by atomic mass is 9.44. The molecular formula is C19H26O3. The minimum atomic E-state index is -0.444. The van der Waals surface area contributed by atoms with E-state index in [4.69, 9.17) is 0 Å². The largest absolute Gasteiger partial charge is 0.303 e. The Morgan fingerprint density at radius 2 is 1.68 bits per heavy atom. The maximum Gasteiger partial charge on any atom is 0.139 e. The van der Waals surface area contributed by atoms with Crippen molar-refractivity contribution in [1.82, 2.24) is 0 Å². The fraction of sp³-hybridized carbons (Fsp3) is 0.842. The lowest BCUT2D eigenvalue weighted by Gasteiger charge is -2.58. The van der Waals surface area contributed by atoms with Crippen LogP contribution in [0.15, 0.2) is 0 Å². The van der Waals surface area contributed by atoms with Crippen molar-refractivity contribution in [3.63, 3.8) is 0 Å². The lowest BCUT2D eigenvalue weighted by Crippen LogP contribution is -2.57. The van der Waals surface area contributed by atoms with Crippen LogP contribution < -0.4 is 0 Å². The molecule has 0 heterocycles. The van der Waals surface area contributed by atoms with Crippen LogP contribution in [0, 0.1) is 34.0 Å². The molecule has 120 valence electrons. The monoisotopic (exact) mass is 302 g/mol. The molecule has 0 aromatic rings. The molecule has 0 spiro atoms. The van der Waals surface area contributed by atoms with E-state index in [9.17, 15) is 14.4 Å². The van der Waals surface area contributed by atoms with E-state index in [1.165, 1.54) is 0 Å². The van der Waals surface area contributed by atoms with Crippen molar-refractivity contribution in [3.05, 3.63) is 0 Å². The zero-order valence-electron chi connectivity index (χ0n) is 13.7. The van der Waals surface area contributed by atoms with Crippen molar-refractivity contribution in [2.75, 3.05) is 0 Å². The summed E-state index contributed by atoms with van der Waals surface area (Å²) in [6.07, 6.45) is 7.90. The van der Waals surface area contributed by atoms with Crippen molar-refractivity contribution in [2.24, 2.45) is 34.0 Å². The third kappa shape index (κ3) is 1.42. The molecular weight excluding hydrogens is 276 g/mol. The number of carbonyl (C=O) groups excluding carboxylic acids is 3. The molecule has 0 saturated heterocycles. The van der Waals surface area contributed by atoms with E-state index in [1.54, 1.807) is 0 Å². The van der Waals surface area contributed by atoms with Crippen molar-refractivity contribution in [1.29, 1.82) is 0 Å². The van der Waals surface area contributed by atoms with Gasteiger partial charge in [0.15, 0.2) is 0 Å². The molecule has 0 aromatic heterocycles. The standard InChI is InChI=1S/C19H26O3/c1-17-8-6-14-12(13(17)3-4-15(17)21)5-9-18(2)16(22)7-10-19(14,18)11-20/h11-14H,3-10H2,1-2H3/t12-,13-,14-,17-,18+,19-/m0/s1. The molecule has 4 aliphatic carbocycles. The van der Waals surface area contributed by atoms with E-state index in [2.05, 4.69) is 6.92 Å². The van der Waals surface area contributed by atoms with Gasteiger partial charge in [-0.15, -0.1) is 0 Å². The van der Waals surface area contributed by atoms with Crippen LogP contribution in [0.25, 0.3) is 0 Å². The van der Waals surface area contributed by atoms with Gasteiger partial charge in [0.2, 0.25) is 0 Å². The van der Waals surface area contributed by atoms with Gasteiger partial charge < -0.3 is 4.79 Å². The van der Waals surface area contributed by atoms with E-state index in [-0.39, 0.29) is 5.41 Å². The summed E-state index contributed by atoms with van der Waals surface area (Å²) in [6.45, 7) is 4.20. The van der Waals surface area contributed by atoms with E-state index in [0.29, 0.717) is 42.2 Å². The van der Waals surface area contributed by atoms with Gasteiger partial charge in [0.1, 0.15) is 17.9 Å². The molecule has 0 unspecified atom stereocenters. The summed E-state index contributed by atoms with van der Waals surface area (Å²) in [6, 6.07) is 0. The predicted octanol–water partition coefficient (Wildman–Crippen LogP) is 3.35. The SMILES string of the molecule is C[C@]12CC[C@H]3[C@@H](CC[C@]4(C)C(=O)CC[C@]34C=O)[C@@H]1CCC2=O. The maximum absolute atomic E-state index is 12.5. The maximum atomic E-state index is 12.5. The fourth-order valence-corrected chi connectivity index (χ4v) is 6.93. The van der Waals surface area contributed by atoms with Gasteiger partial charge in [-0.2, -0.15) is 0 Å². The number of carbonyl (C=O) groups is 3.